The Balaban J connectivity index is 1.86. The number of nitrogens with one attached hydrogen (secondary N) is 1. The van der Waals surface area contributed by atoms with Gasteiger partial charge in [-0.25, -0.2) is 17.9 Å². The fourth-order valence-electron chi connectivity index (χ4n) is 4.46. The summed E-state index contributed by atoms with van der Waals surface area (Å²) in [7, 11) is 0.603. The quantitative estimate of drug-likeness (QED) is 0.460. The fraction of sp³-hybridized carbons (Fsp3) is 0.500. The molecule has 1 N–H and O–H groups in total. The van der Waals surface area contributed by atoms with Gasteiger partial charge < -0.3 is 14.6 Å². The first-order valence-corrected chi connectivity index (χ1v) is 13.4. The molecule has 1 aromatic carbocycles. The Labute approximate surface area is 210 Å². The number of carbonyl (C=O) groups excluding carboxylic acids is 1. The third kappa shape index (κ3) is 4.17. The molecule has 0 atom stereocenters. The van der Waals surface area contributed by atoms with Crippen molar-refractivity contribution in [3.63, 3.8) is 0 Å². The second-order valence-electron chi connectivity index (χ2n) is 9.22. The number of aromatic nitrogens is 4. The normalized spacial score (nSPS) is 14.9. The van der Waals surface area contributed by atoms with Crippen molar-refractivity contribution in [2.75, 3.05) is 27.7 Å². The largest absolute Gasteiger partial charge is 0.493 e. The number of hydrogen-bond acceptors (Lipinski definition) is 7. The summed E-state index contributed by atoms with van der Waals surface area (Å²) < 4.78 is 35.7. The maximum absolute atomic E-state index is 13.6. The van der Waals surface area contributed by atoms with E-state index in [1.165, 1.54) is 28.6 Å². The zero-order valence-electron chi connectivity index (χ0n) is 21.5. The summed E-state index contributed by atoms with van der Waals surface area (Å²) in [5.74, 6) is 0.934. The molecule has 1 saturated carbocycles. The van der Waals surface area contributed by atoms with E-state index in [2.05, 4.69) is 15.1 Å². The number of hydrogen-bond donors (Lipinski definition) is 1. The van der Waals surface area contributed by atoms with Crippen molar-refractivity contribution >= 4 is 21.4 Å². The second-order valence-corrected chi connectivity index (χ2v) is 11.2. The Hall–Kier alpha value is -3.25. The molecule has 0 unspecified atom stereocenters. The Morgan fingerprint density at radius 1 is 1.22 bits per heavy atom. The van der Waals surface area contributed by atoms with E-state index in [9.17, 15) is 18.0 Å². The molecular formula is C24H32N6O5S. The summed E-state index contributed by atoms with van der Waals surface area (Å²) in [6.45, 7) is 5.90. The van der Waals surface area contributed by atoms with E-state index in [4.69, 9.17) is 4.74 Å². The van der Waals surface area contributed by atoms with Gasteiger partial charge in [-0.05, 0) is 51.3 Å². The number of likely N-dealkylation sites (N-methyl/N-ethyl adjacent to an activating group) is 2. The molecule has 12 heteroatoms. The molecule has 11 nitrogen and oxygen atoms in total. The minimum Gasteiger partial charge on any atom is -0.493 e. The van der Waals surface area contributed by atoms with Crippen LogP contribution in [-0.4, -0.2) is 76.4 Å². The number of aromatic amines is 1. The molecule has 194 valence electrons. The zero-order valence-corrected chi connectivity index (χ0v) is 22.3. The highest BCUT2D eigenvalue weighted by molar-refractivity contribution is 7.89. The monoisotopic (exact) mass is 516 g/mol. The zero-order chi connectivity index (χ0) is 26.4. The molecule has 0 bridgehead atoms. The molecule has 1 aliphatic rings. The van der Waals surface area contributed by atoms with Crippen LogP contribution in [0.25, 0.3) is 16.9 Å². The maximum Gasteiger partial charge on any atom is 0.277 e. The van der Waals surface area contributed by atoms with E-state index in [0.717, 1.165) is 10.7 Å². The first kappa shape index (κ1) is 25.8. The lowest BCUT2D eigenvalue weighted by Crippen LogP contribution is -2.49. The topological polar surface area (TPSA) is 130 Å². The van der Waals surface area contributed by atoms with Gasteiger partial charge in [0.05, 0.1) is 22.8 Å². The van der Waals surface area contributed by atoms with Gasteiger partial charge in [0, 0.05) is 27.6 Å². The Bertz CT molecular complexity index is 1490. The molecule has 0 saturated heterocycles. The van der Waals surface area contributed by atoms with Crippen LogP contribution in [0.1, 0.15) is 44.6 Å². The van der Waals surface area contributed by atoms with E-state index in [0.29, 0.717) is 54.2 Å². The minimum atomic E-state index is -4.05. The van der Waals surface area contributed by atoms with Gasteiger partial charge in [0.2, 0.25) is 15.9 Å². The Morgan fingerprint density at radius 3 is 2.50 bits per heavy atom. The number of amides is 1. The summed E-state index contributed by atoms with van der Waals surface area (Å²) in [6.07, 6.45) is 2.36. The molecular weight excluding hydrogens is 484 g/mol. The Kier molecular flexibility index (Phi) is 6.69. The lowest BCUT2D eigenvalue weighted by Gasteiger charge is -2.29. The highest BCUT2D eigenvalue weighted by Crippen LogP contribution is 2.45. The van der Waals surface area contributed by atoms with Gasteiger partial charge in [-0.3, -0.25) is 9.59 Å². The van der Waals surface area contributed by atoms with Crippen molar-refractivity contribution in [2.45, 2.75) is 56.9 Å². The summed E-state index contributed by atoms with van der Waals surface area (Å²) in [6, 6.07) is 4.42. The minimum absolute atomic E-state index is 0.0281. The van der Waals surface area contributed by atoms with Crippen molar-refractivity contribution in [1.29, 1.82) is 0 Å². The smallest absolute Gasteiger partial charge is 0.277 e. The molecule has 1 fully saturated rings. The number of sulfonamides is 1. The molecule has 3 aromatic rings. The van der Waals surface area contributed by atoms with Crippen molar-refractivity contribution in [3.05, 3.63) is 40.1 Å². The second kappa shape index (κ2) is 9.32. The van der Waals surface area contributed by atoms with Crippen LogP contribution in [0, 0.1) is 6.92 Å². The average Bonchev–Trinajstić information content (AvgIpc) is 3.58. The molecule has 1 aliphatic carbocycles. The van der Waals surface area contributed by atoms with Crippen LogP contribution in [0.4, 0.5) is 0 Å². The number of fused-ring (bicyclic) bond motifs is 1. The number of benzene rings is 1. The van der Waals surface area contributed by atoms with Crippen molar-refractivity contribution in [1.82, 2.24) is 28.8 Å². The highest BCUT2D eigenvalue weighted by Gasteiger charge is 2.58. The van der Waals surface area contributed by atoms with Crippen LogP contribution in [0.2, 0.25) is 0 Å². The number of imidazole rings is 1. The SMILES string of the molecule is CCCc1nc(C)c2c(=O)[nH]c(-c3cc(S(=O)(=O)N(C)C4(C(=O)N(C)C)CC4)ccc3OCC)nn12. The molecule has 0 aliphatic heterocycles. The van der Waals surface area contributed by atoms with E-state index >= 15 is 0 Å². The van der Waals surface area contributed by atoms with E-state index in [1.807, 2.05) is 13.8 Å². The van der Waals surface area contributed by atoms with Crippen LogP contribution in [0.3, 0.4) is 0 Å². The average molecular weight is 517 g/mol. The third-order valence-corrected chi connectivity index (χ3v) is 8.43. The van der Waals surface area contributed by atoms with Crippen LogP contribution in [-0.2, 0) is 21.2 Å². The van der Waals surface area contributed by atoms with Gasteiger partial charge in [0.15, 0.2) is 11.3 Å². The summed E-state index contributed by atoms with van der Waals surface area (Å²) in [5, 5.41) is 4.62. The number of aryl methyl sites for hydroxylation is 2. The van der Waals surface area contributed by atoms with Gasteiger partial charge in [-0.2, -0.15) is 4.31 Å². The summed E-state index contributed by atoms with van der Waals surface area (Å²) in [5.41, 5.74) is -0.226. The van der Waals surface area contributed by atoms with Crippen LogP contribution in [0.15, 0.2) is 27.9 Å². The number of rotatable bonds is 9. The van der Waals surface area contributed by atoms with Gasteiger partial charge in [0.1, 0.15) is 17.1 Å². The van der Waals surface area contributed by atoms with Crippen LogP contribution >= 0.6 is 0 Å². The standard InChI is InChI=1S/C24H32N6O5S/c1-7-9-19-25-15(3)20-22(31)26-21(27-30(19)20)17-14-16(10-11-18(17)35-8-2)36(33,34)29(6)24(12-13-24)23(32)28(4)5/h10-11,14H,7-9,12-13H2,1-6H3,(H,26,27,31). The Morgan fingerprint density at radius 2 is 1.92 bits per heavy atom. The van der Waals surface area contributed by atoms with Crippen molar-refractivity contribution < 1.29 is 17.9 Å². The summed E-state index contributed by atoms with van der Waals surface area (Å²) in [4.78, 5) is 34.4. The highest BCUT2D eigenvalue weighted by atomic mass is 32.2. The fourth-order valence-corrected chi connectivity index (χ4v) is 6.01. The molecule has 4 rings (SSSR count). The molecule has 2 aromatic heterocycles. The van der Waals surface area contributed by atoms with Gasteiger partial charge in [-0.15, -0.1) is 5.10 Å². The van der Waals surface area contributed by atoms with Crippen molar-refractivity contribution in [3.8, 4) is 17.1 Å². The van der Waals surface area contributed by atoms with Gasteiger partial charge in [0.25, 0.3) is 5.56 Å². The number of carbonyl (C=O) groups is 1. The first-order valence-electron chi connectivity index (χ1n) is 11.9. The van der Waals surface area contributed by atoms with Gasteiger partial charge in [-0.1, -0.05) is 6.92 Å². The molecule has 2 heterocycles. The molecule has 0 radical (unpaired) electrons. The summed E-state index contributed by atoms with van der Waals surface area (Å²) >= 11 is 0. The number of H-pyrrole nitrogens is 1. The molecule has 0 spiro atoms. The predicted octanol–water partition coefficient (Wildman–Crippen LogP) is 1.99. The first-order chi connectivity index (χ1) is 17.0. The van der Waals surface area contributed by atoms with E-state index < -0.39 is 15.6 Å². The van der Waals surface area contributed by atoms with Gasteiger partial charge >= 0.3 is 0 Å². The van der Waals surface area contributed by atoms with E-state index in [-0.39, 0.29) is 22.2 Å². The third-order valence-electron chi connectivity index (χ3n) is 6.51. The van der Waals surface area contributed by atoms with Crippen LogP contribution < -0.4 is 10.3 Å². The van der Waals surface area contributed by atoms with E-state index in [1.54, 1.807) is 27.1 Å². The number of nitrogens with zero attached hydrogens (tertiary/aromatic N) is 5. The maximum atomic E-state index is 13.6. The number of ether oxygens (including phenoxy) is 1. The van der Waals surface area contributed by atoms with Crippen LogP contribution in [0.5, 0.6) is 5.75 Å². The lowest BCUT2D eigenvalue weighted by molar-refractivity contribution is -0.133. The van der Waals surface area contributed by atoms with Crippen molar-refractivity contribution in [2.24, 2.45) is 0 Å². The lowest BCUT2D eigenvalue weighted by atomic mass is 10.2. The molecule has 36 heavy (non-hydrogen) atoms. The predicted molar refractivity (Wildman–Crippen MR) is 135 cm³/mol. The molecule has 1 amide bonds.